The summed E-state index contributed by atoms with van der Waals surface area (Å²) in [4.78, 5) is 13.4. The molecule has 44 heavy (non-hydrogen) atoms. The molecule has 1 saturated heterocycles. The second-order valence-corrected chi connectivity index (χ2v) is 12.2. The van der Waals surface area contributed by atoms with Crippen molar-refractivity contribution >= 4 is 44.8 Å². The average Bonchev–Trinajstić information content (AvgIpc) is 2.96. The summed E-state index contributed by atoms with van der Waals surface area (Å²) in [6, 6.07) is 10.9. The molecule has 15 heteroatoms. The van der Waals surface area contributed by atoms with Crippen molar-refractivity contribution in [1.29, 1.82) is 0 Å². The van der Waals surface area contributed by atoms with Crippen LogP contribution in [0.15, 0.2) is 54.9 Å². The Kier molecular flexibility index (Phi) is 10.2. The Labute approximate surface area is 258 Å². The Morgan fingerprint density at radius 3 is 2.59 bits per heavy atom. The molecule has 0 spiro atoms. The number of anilines is 2. The fourth-order valence-corrected chi connectivity index (χ4v) is 6.27. The van der Waals surface area contributed by atoms with Crippen LogP contribution < -0.4 is 20.1 Å². The number of alkyl halides is 3. The molecule has 0 bridgehead atoms. The topological polar surface area (TPSA) is 118 Å². The maximum atomic E-state index is 14.9. The highest BCUT2D eigenvalue weighted by atomic mass is 35.5. The zero-order valence-electron chi connectivity index (χ0n) is 23.8. The molecule has 0 amide bonds. The van der Waals surface area contributed by atoms with Gasteiger partial charge in [-0.1, -0.05) is 19.1 Å². The Morgan fingerprint density at radius 1 is 1.09 bits per heavy atom. The van der Waals surface area contributed by atoms with E-state index in [1.165, 1.54) is 18.3 Å². The van der Waals surface area contributed by atoms with Gasteiger partial charge in [0.1, 0.15) is 11.6 Å². The van der Waals surface area contributed by atoms with Crippen molar-refractivity contribution in [2.24, 2.45) is 5.92 Å². The number of halogens is 5. The molecule has 3 N–H and O–H groups in total. The lowest BCUT2D eigenvalue weighted by molar-refractivity contribution is -0.163. The lowest BCUT2D eigenvalue weighted by atomic mass is 10.0. The van der Waals surface area contributed by atoms with Crippen molar-refractivity contribution in [2.75, 3.05) is 28.9 Å². The molecular formula is C29H31ClF4N6O3S. The number of sulfonamides is 1. The van der Waals surface area contributed by atoms with Crippen LogP contribution in [0.1, 0.15) is 25.3 Å². The Bertz CT molecular complexity index is 1740. The lowest BCUT2D eigenvalue weighted by Gasteiger charge is -2.23. The number of hydrogen-bond acceptors (Lipinski definition) is 8. The third kappa shape index (κ3) is 7.66. The highest BCUT2D eigenvalue weighted by Crippen LogP contribution is 2.40. The minimum Gasteiger partial charge on any atom is -0.437 e. The number of rotatable bonds is 9. The maximum Gasteiger partial charge on any atom is 0.392 e. The second-order valence-electron chi connectivity index (χ2n) is 10.5. The van der Waals surface area contributed by atoms with Gasteiger partial charge in [0.05, 0.1) is 28.6 Å². The molecule has 3 heterocycles. The van der Waals surface area contributed by atoms with Gasteiger partial charge >= 0.3 is 6.18 Å². The van der Waals surface area contributed by atoms with Crippen LogP contribution in [0.2, 0.25) is 0 Å². The van der Waals surface area contributed by atoms with Gasteiger partial charge in [0.2, 0.25) is 21.9 Å². The summed E-state index contributed by atoms with van der Waals surface area (Å²) >= 11 is 0. The van der Waals surface area contributed by atoms with Crippen LogP contribution in [0, 0.1) is 18.7 Å². The number of aryl methyl sites for hydroxylation is 1. The molecular weight excluding hydrogens is 624 g/mol. The van der Waals surface area contributed by atoms with E-state index >= 15 is 0 Å². The monoisotopic (exact) mass is 654 g/mol. The van der Waals surface area contributed by atoms with Gasteiger partial charge in [-0.05, 0) is 62.2 Å². The van der Waals surface area contributed by atoms with Crippen LogP contribution >= 0.6 is 12.4 Å². The van der Waals surface area contributed by atoms with E-state index < -0.39 is 39.4 Å². The number of nitrogens with one attached hydrogen (secondary N) is 3. The first-order chi connectivity index (χ1) is 20.4. The second kappa shape index (κ2) is 13.5. The maximum absolute atomic E-state index is 14.9. The molecule has 4 aromatic rings. The molecule has 2 aromatic heterocycles. The minimum atomic E-state index is -4.72. The smallest absolute Gasteiger partial charge is 0.392 e. The quantitative estimate of drug-likeness (QED) is 0.176. The van der Waals surface area contributed by atoms with Crippen molar-refractivity contribution in [1.82, 2.24) is 20.3 Å². The standard InChI is InChI=1S/C29H30F4N6O3S.ClH/c1-17-7-8-20-21(9-10-23(30)25(20)39-43(40,41)16-18(2)29(31,32)33)26(17)42-27-22(6-4-13-35-27)24-11-14-36-28(38-24)37-19-5-3-12-34-15-19;/h4,6-11,13-14,18-19,34,39H,3,5,12,15-16H2,1-2H3,(H,36,37,38);1H. The third-order valence-electron chi connectivity index (χ3n) is 7.11. The lowest BCUT2D eigenvalue weighted by Crippen LogP contribution is -2.38. The number of ether oxygens (including phenoxy) is 1. The van der Waals surface area contributed by atoms with Crippen molar-refractivity contribution < 1.29 is 30.7 Å². The van der Waals surface area contributed by atoms with Gasteiger partial charge in [-0.3, -0.25) is 4.72 Å². The fourth-order valence-electron chi connectivity index (χ4n) is 4.82. The van der Waals surface area contributed by atoms with Crippen molar-refractivity contribution in [3.63, 3.8) is 0 Å². The summed E-state index contributed by atoms with van der Waals surface area (Å²) in [6.45, 7) is 4.28. The van der Waals surface area contributed by atoms with E-state index in [9.17, 15) is 26.0 Å². The first-order valence-electron chi connectivity index (χ1n) is 13.6. The van der Waals surface area contributed by atoms with Crippen LogP contribution in [-0.4, -0.2) is 54.4 Å². The van der Waals surface area contributed by atoms with Gasteiger partial charge in [0.15, 0.2) is 0 Å². The Morgan fingerprint density at radius 2 is 1.86 bits per heavy atom. The van der Waals surface area contributed by atoms with Gasteiger partial charge < -0.3 is 15.4 Å². The number of nitrogens with zero attached hydrogens (tertiary/aromatic N) is 3. The molecule has 9 nitrogen and oxygen atoms in total. The predicted molar refractivity (Wildman–Crippen MR) is 163 cm³/mol. The molecule has 2 aromatic carbocycles. The van der Waals surface area contributed by atoms with Crippen molar-refractivity contribution in [3.05, 3.63) is 66.2 Å². The Hall–Kier alpha value is -3.75. The number of pyridine rings is 1. The molecule has 5 rings (SSSR count). The summed E-state index contributed by atoms with van der Waals surface area (Å²) in [7, 11) is -4.56. The zero-order valence-corrected chi connectivity index (χ0v) is 25.4. The van der Waals surface area contributed by atoms with Crippen LogP contribution in [0.3, 0.4) is 0 Å². The van der Waals surface area contributed by atoms with Gasteiger partial charge in [0.25, 0.3) is 0 Å². The van der Waals surface area contributed by atoms with Crippen LogP contribution in [-0.2, 0) is 10.0 Å². The molecule has 236 valence electrons. The van der Waals surface area contributed by atoms with Gasteiger partial charge in [-0.2, -0.15) is 13.2 Å². The van der Waals surface area contributed by atoms with E-state index in [2.05, 4.69) is 25.6 Å². The molecule has 0 saturated carbocycles. The van der Waals surface area contributed by atoms with E-state index in [1.807, 2.05) is 4.72 Å². The summed E-state index contributed by atoms with van der Waals surface area (Å²) in [5.74, 6) is -3.45. The van der Waals surface area contributed by atoms with E-state index in [0.717, 1.165) is 38.9 Å². The fraction of sp³-hybridized carbons (Fsp3) is 0.345. The highest BCUT2D eigenvalue weighted by Gasteiger charge is 2.39. The summed E-state index contributed by atoms with van der Waals surface area (Å²) < 4.78 is 87.6. The number of hydrogen-bond donors (Lipinski definition) is 3. The van der Waals surface area contributed by atoms with E-state index in [0.29, 0.717) is 28.2 Å². The normalized spacial score (nSPS) is 16.2. The van der Waals surface area contributed by atoms with Crippen LogP contribution in [0.5, 0.6) is 11.6 Å². The first kappa shape index (κ1) is 33.1. The summed E-state index contributed by atoms with van der Waals surface area (Å²) in [6.07, 6.45) is 0.471. The largest absolute Gasteiger partial charge is 0.437 e. The third-order valence-corrected chi connectivity index (χ3v) is 8.57. The number of aromatic nitrogens is 3. The number of piperidine rings is 1. The van der Waals surface area contributed by atoms with Crippen molar-refractivity contribution in [2.45, 2.75) is 38.9 Å². The summed E-state index contributed by atoms with van der Waals surface area (Å²) in [5.41, 5.74) is 1.25. The molecule has 1 fully saturated rings. The first-order valence-corrected chi connectivity index (χ1v) is 15.3. The molecule has 2 unspecified atom stereocenters. The number of fused-ring (bicyclic) bond motifs is 1. The molecule has 0 radical (unpaired) electrons. The van der Waals surface area contributed by atoms with Crippen LogP contribution in [0.25, 0.3) is 22.0 Å². The minimum absolute atomic E-state index is 0. The van der Waals surface area contributed by atoms with Crippen molar-refractivity contribution in [3.8, 4) is 22.9 Å². The van der Waals surface area contributed by atoms with Crippen LogP contribution in [0.4, 0.5) is 29.2 Å². The highest BCUT2D eigenvalue weighted by molar-refractivity contribution is 7.92. The van der Waals surface area contributed by atoms with Gasteiger partial charge in [-0.15, -0.1) is 12.4 Å². The molecule has 1 aliphatic heterocycles. The Balaban J connectivity index is 0.00000442. The average molecular weight is 655 g/mol. The predicted octanol–water partition coefficient (Wildman–Crippen LogP) is 6.46. The van der Waals surface area contributed by atoms with E-state index in [-0.39, 0.29) is 35.5 Å². The SMILES string of the molecule is Cc1ccc2c(NS(=O)(=O)CC(C)C(F)(F)F)c(F)ccc2c1Oc1ncccc1-c1ccnc(NC2CCCNC2)n1.Cl. The molecule has 2 atom stereocenters. The molecule has 0 aliphatic carbocycles. The molecule has 1 aliphatic rings. The zero-order chi connectivity index (χ0) is 30.8. The summed E-state index contributed by atoms with van der Waals surface area (Å²) in [5, 5.41) is 7.12. The van der Waals surface area contributed by atoms with E-state index in [1.54, 1.807) is 37.4 Å². The van der Waals surface area contributed by atoms with Gasteiger partial charge in [-0.25, -0.2) is 27.8 Å². The number of benzene rings is 2. The van der Waals surface area contributed by atoms with Gasteiger partial charge in [0, 0.05) is 35.8 Å². The van der Waals surface area contributed by atoms with E-state index in [4.69, 9.17) is 4.74 Å².